The van der Waals surface area contributed by atoms with Gasteiger partial charge in [-0.15, -0.1) is 0 Å². The number of carbonyl (C=O) groups excluding carboxylic acids is 6. The third-order valence-electron chi connectivity index (χ3n) is 19.2. The van der Waals surface area contributed by atoms with E-state index < -0.39 is 69.0 Å². The second kappa shape index (κ2) is 62.7. The number of rotatable bonds is 35. The first-order valence-electron chi connectivity index (χ1n) is 41.8. The maximum absolute atomic E-state index is 12.7. The number of halogens is 12. The lowest BCUT2D eigenvalue weighted by Gasteiger charge is -2.17. The van der Waals surface area contributed by atoms with Crippen LogP contribution < -0.4 is 36.0 Å². The molecule has 0 spiro atoms. The lowest BCUT2D eigenvalue weighted by Crippen LogP contribution is -2.17. The molecule has 806 valence electrons. The van der Waals surface area contributed by atoms with E-state index in [0.717, 1.165) is 82.0 Å². The molecule has 35 nitrogen and oxygen atoms in total. The average molecular weight is 2300 g/mol. The number of aliphatic carboxylic acids is 1. The second-order valence-electron chi connectivity index (χ2n) is 30.6. The zero-order valence-electron chi connectivity index (χ0n) is 78.6. The quantitative estimate of drug-likeness (QED) is 0.00330. The number of carboxylic acids is 1. The van der Waals surface area contributed by atoms with Crippen molar-refractivity contribution in [2.24, 2.45) is 0 Å². The highest BCUT2D eigenvalue weighted by Crippen LogP contribution is 2.38. The first-order valence-corrected chi connectivity index (χ1v) is 49.0. The van der Waals surface area contributed by atoms with Crippen LogP contribution >= 0.6 is 128 Å². The highest BCUT2D eigenvalue weighted by Gasteiger charge is 2.33. The number of nitrogens with one attached hydrogen (secondary N) is 2. The number of hydrogen-bond acceptors (Lipinski definition) is 35. The first kappa shape index (κ1) is 131. The highest BCUT2D eigenvalue weighted by molar-refractivity contribution is 7.99. The van der Waals surface area contributed by atoms with Crippen molar-refractivity contribution >= 4 is 222 Å². The van der Waals surface area contributed by atoms with Crippen molar-refractivity contribution < 1.29 is 93.8 Å². The van der Waals surface area contributed by atoms with Crippen LogP contribution in [-0.4, -0.2) is 191 Å². The van der Waals surface area contributed by atoms with Crippen LogP contribution in [0.1, 0.15) is 125 Å². The molecule has 150 heavy (non-hydrogen) atoms. The number of carboxylic acid groups (broad SMARTS) is 1. The number of nitrogens with two attached hydrogens (primary N) is 1. The SMILES string of the molecule is C.C.C.C.C.CN(C)c1nc(SCc2ccc(NC(=O)c3ccc(C(F)(F)F)cc3)cc2)nc(Cl)c1CC(=O)O.COC(=O)Cc1c(Cl)nc(SCc2ccc(N)cc2)nc1N(C)C.COC(=O)Cc1c(Cl)nc(SCc2ccc(NC(=O)c3ccc(C(F)(F)F)cc3)cc2)nc1N(C)C.COC(=O)Cc1c(Cl)nc(SCc2ccc([N+](=O)[O-])cc2)nc1Cl.COC(=O)Cc1c(Cl)nc(SCc2ccc([N+](=O)[O-])cc2)nc1N(C)C. The third kappa shape index (κ3) is 41.4. The van der Waals surface area contributed by atoms with Crippen molar-refractivity contribution in [1.82, 2.24) is 49.8 Å². The second-order valence-corrected chi connectivity index (χ2v) is 37.5. The number of esters is 4. The number of benzene rings is 7. The molecule has 0 radical (unpaired) electrons. The van der Waals surface area contributed by atoms with Crippen LogP contribution in [-0.2, 0) is 116 Å². The van der Waals surface area contributed by atoms with Crippen molar-refractivity contribution in [2.75, 3.05) is 121 Å². The number of thioether (sulfide) groups is 5. The van der Waals surface area contributed by atoms with Crippen molar-refractivity contribution in [3.05, 3.63) is 299 Å². The normalized spacial score (nSPS) is 10.5. The van der Waals surface area contributed by atoms with Crippen LogP contribution in [0.4, 0.5) is 78.1 Å². The molecule has 0 aliphatic carbocycles. The number of non-ortho nitro benzene ring substituents is 2. The number of ether oxygens (including phenoxy) is 4. The van der Waals surface area contributed by atoms with Gasteiger partial charge in [0.15, 0.2) is 25.8 Å². The Morgan fingerprint density at radius 2 is 0.547 bits per heavy atom. The number of nitro groups is 2. The molecule has 5 heterocycles. The van der Waals surface area contributed by atoms with Gasteiger partial charge in [-0.25, -0.2) is 49.8 Å². The van der Waals surface area contributed by atoms with E-state index in [2.05, 4.69) is 69.9 Å². The minimum atomic E-state index is -4.46. The summed E-state index contributed by atoms with van der Waals surface area (Å²) in [5.74, 6) is 0.962. The van der Waals surface area contributed by atoms with Gasteiger partial charge in [0.25, 0.3) is 23.2 Å². The molecular formula is C98H109Cl6F6N19O16S5. The van der Waals surface area contributed by atoms with Crippen LogP contribution in [0.25, 0.3) is 0 Å². The summed E-state index contributed by atoms with van der Waals surface area (Å²) in [5.41, 5.74) is 12.9. The van der Waals surface area contributed by atoms with Gasteiger partial charge in [-0.1, -0.05) is 226 Å². The monoisotopic (exact) mass is 2290 g/mol. The fourth-order valence-electron chi connectivity index (χ4n) is 11.9. The van der Waals surface area contributed by atoms with Gasteiger partial charge in [0.1, 0.15) is 54.2 Å². The Hall–Kier alpha value is -12.9. The van der Waals surface area contributed by atoms with E-state index in [4.69, 9.17) is 89.9 Å². The van der Waals surface area contributed by atoms with Gasteiger partial charge in [0.2, 0.25) is 0 Å². The predicted octanol–water partition coefficient (Wildman–Crippen LogP) is 23.6. The molecular weight excluding hydrogens is 2190 g/mol. The highest BCUT2D eigenvalue weighted by atomic mass is 35.5. The number of amides is 2. The van der Waals surface area contributed by atoms with E-state index in [-0.39, 0.29) is 129 Å². The summed E-state index contributed by atoms with van der Waals surface area (Å²) in [4.78, 5) is 152. The summed E-state index contributed by atoms with van der Waals surface area (Å²) in [6.45, 7) is 0. The Kier molecular flexibility index (Phi) is 54.8. The maximum atomic E-state index is 12.7. The molecule has 0 saturated carbocycles. The smallest absolute Gasteiger partial charge is 0.416 e. The summed E-state index contributed by atoms with van der Waals surface area (Å²) >= 11 is 43.9. The molecule has 0 unspecified atom stereocenters. The molecule has 52 heteroatoms. The molecule has 5 aromatic heterocycles. The summed E-state index contributed by atoms with van der Waals surface area (Å²) in [6, 6.07) is 41.9. The molecule has 0 fully saturated rings. The molecule has 7 aromatic carbocycles. The fourth-order valence-corrected chi connectivity index (χ4v) is 17.6. The van der Waals surface area contributed by atoms with Crippen molar-refractivity contribution in [1.29, 1.82) is 0 Å². The van der Waals surface area contributed by atoms with Gasteiger partial charge in [-0.05, 0) is 113 Å². The minimum absolute atomic E-state index is 0. The molecule has 0 aliphatic heterocycles. The molecule has 2 amide bonds. The average Bonchev–Trinajstić information content (AvgIpc) is 0.814. The van der Waals surface area contributed by atoms with Crippen LogP contribution in [0.2, 0.25) is 30.9 Å². The Morgan fingerprint density at radius 1 is 0.340 bits per heavy atom. The molecule has 0 saturated heterocycles. The topological polar surface area (TPSA) is 455 Å². The van der Waals surface area contributed by atoms with Gasteiger partial charge in [0, 0.05) is 165 Å². The van der Waals surface area contributed by atoms with E-state index >= 15 is 0 Å². The zero-order valence-corrected chi connectivity index (χ0v) is 87.2. The number of carbonyl (C=O) groups is 7. The number of nitrogen functional groups attached to an aromatic ring is 1. The van der Waals surface area contributed by atoms with E-state index in [9.17, 15) is 80.1 Å². The summed E-state index contributed by atoms with van der Waals surface area (Å²) < 4.78 is 94.8. The Bertz CT molecular complexity index is 6540. The van der Waals surface area contributed by atoms with Crippen molar-refractivity contribution in [3.8, 4) is 0 Å². The largest absolute Gasteiger partial charge is 0.481 e. The molecule has 12 rings (SSSR count). The number of alkyl halides is 6. The lowest BCUT2D eigenvalue weighted by molar-refractivity contribution is -0.385. The number of methoxy groups -OCH3 is 4. The van der Waals surface area contributed by atoms with Crippen LogP contribution in [0.5, 0.6) is 0 Å². The Morgan fingerprint density at radius 3 is 0.760 bits per heavy atom. The summed E-state index contributed by atoms with van der Waals surface area (Å²) in [7, 11) is 19.5. The number of nitro benzene ring substituents is 2. The first-order chi connectivity index (χ1) is 68.5. The Balaban J connectivity index is 0.000000482. The van der Waals surface area contributed by atoms with E-state index in [1.807, 2.05) is 38.4 Å². The van der Waals surface area contributed by atoms with Gasteiger partial charge >= 0.3 is 42.2 Å². The van der Waals surface area contributed by atoms with E-state index in [1.165, 1.54) is 112 Å². The fraction of sp³-hybridized carbons (Fsp3) is 0.296. The number of anilines is 7. The zero-order chi connectivity index (χ0) is 107. The van der Waals surface area contributed by atoms with Gasteiger partial charge in [-0.3, -0.25) is 53.8 Å². The van der Waals surface area contributed by atoms with Crippen LogP contribution in [0, 0.1) is 20.2 Å². The van der Waals surface area contributed by atoms with Crippen molar-refractivity contribution in [3.63, 3.8) is 0 Å². The van der Waals surface area contributed by atoms with Crippen LogP contribution in [0.15, 0.2) is 196 Å². The molecule has 0 bridgehead atoms. The molecule has 0 atom stereocenters. The molecule has 0 aliphatic rings. The van der Waals surface area contributed by atoms with Crippen molar-refractivity contribution in [2.45, 2.75) is 136 Å². The van der Waals surface area contributed by atoms with Gasteiger partial charge < -0.3 is 60.0 Å². The summed E-state index contributed by atoms with van der Waals surface area (Å²) in [6.07, 6.45) is -9.36. The molecule has 5 N–H and O–H groups in total. The van der Waals surface area contributed by atoms with E-state index in [1.54, 1.807) is 135 Å². The van der Waals surface area contributed by atoms with Gasteiger partial charge in [0.05, 0.1) is 81.5 Å². The number of aromatic nitrogens is 10. The third-order valence-corrected chi connectivity index (χ3v) is 25.7. The lowest BCUT2D eigenvalue weighted by atomic mass is 10.1. The maximum Gasteiger partial charge on any atom is 0.416 e. The van der Waals surface area contributed by atoms with Crippen LogP contribution in [0.3, 0.4) is 0 Å². The predicted molar refractivity (Wildman–Crippen MR) is 582 cm³/mol. The minimum Gasteiger partial charge on any atom is -0.481 e. The Labute approximate surface area is 914 Å². The number of nitrogens with zero attached hydrogens (tertiary/aromatic N) is 16. The van der Waals surface area contributed by atoms with E-state index in [0.29, 0.717) is 117 Å². The number of hydrogen-bond donors (Lipinski definition) is 4. The standard InChI is InChI=1S/C24H22ClF3N4O3S.C23H20ClF3N4O3S.C16H17ClN4O4S.C16H19ClN4O2S.C14H11Cl2N3O4S.5CH4/c1-32(2)21-18(12-19(33)35-3)20(25)30-23(31-21)36-13-14-4-10-17(11-5-14)29-22(34)15-6-8-16(9-7-15)24(26,27)28;1-31(2)20-17(11-18(32)33)19(24)29-22(30-20)35-12-13-3-9-16(10-4-13)28-21(34)14-5-7-15(8-6-14)23(25,26)27;1-20(2)15-12(8-13(22)25-3)14(17)18-16(19-15)26-9-10-4-6-11(7-5-10)21(23)24;1-21(2)15-12(8-13(22)23-3)14(17)19-16(20-15)24-9-10-4-6-11(18)7-5-10;1-23-11(20)6-10-12(15)17-14(18-13(10)16)24-7-8-2-4-9(5-3-8)19(21)22;;;;;/h4-11H,12-13H2,1-3H3,(H,29,34);3-10H,11-12H2,1-2H3,(H,28,34)(H,32,33);4-7H,8-9H2,1-3H3;4-7H,8-9,18H2,1-3H3;2-5H,6-7H2,1H3;5*1H4. The summed E-state index contributed by atoms with van der Waals surface area (Å²) in [5, 5.41) is 38.7. The molecule has 12 aromatic rings. The van der Waals surface area contributed by atoms with Gasteiger partial charge in [-0.2, -0.15) is 26.3 Å².